The Morgan fingerprint density at radius 1 is 1.47 bits per heavy atom. The van der Waals surface area contributed by atoms with Gasteiger partial charge in [-0.25, -0.2) is 8.42 Å². The van der Waals surface area contributed by atoms with E-state index in [1.54, 1.807) is 0 Å². The highest BCUT2D eigenvalue weighted by molar-refractivity contribution is 7.90. The van der Waals surface area contributed by atoms with Crippen molar-refractivity contribution in [1.29, 1.82) is 0 Å². The van der Waals surface area contributed by atoms with Gasteiger partial charge in [-0.2, -0.15) is 5.10 Å². The molecule has 0 atom stereocenters. The van der Waals surface area contributed by atoms with Crippen LogP contribution in [0.2, 0.25) is 0 Å². The van der Waals surface area contributed by atoms with Crippen LogP contribution in [0.15, 0.2) is 12.4 Å². The molecule has 0 unspecified atom stereocenters. The smallest absolute Gasteiger partial charge is 0.327 e. The van der Waals surface area contributed by atoms with Crippen LogP contribution >= 0.6 is 0 Å². The van der Waals surface area contributed by atoms with Gasteiger partial charge in [-0.3, -0.25) is 14.3 Å². The van der Waals surface area contributed by atoms with Crippen molar-refractivity contribution in [1.82, 2.24) is 9.78 Å². The van der Waals surface area contributed by atoms with Gasteiger partial charge in [-0.05, 0) is 0 Å². The molecule has 1 amide bonds. The number of sulfone groups is 1. The van der Waals surface area contributed by atoms with E-state index in [-0.39, 0.29) is 18.7 Å². The highest BCUT2D eigenvalue weighted by Gasteiger charge is 2.10. The number of aromatic nitrogens is 2. The number of carbonyl (C=O) groups is 2. The van der Waals surface area contributed by atoms with Crippen molar-refractivity contribution < 1.29 is 22.7 Å². The van der Waals surface area contributed by atoms with E-state index in [1.807, 2.05) is 0 Å². The van der Waals surface area contributed by atoms with Crippen LogP contribution in [-0.4, -0.2) is 49.2 Å². The molecule has 1 rings (SSSR count). The third kappa shape index (κ3) is 6.00. The third-order valence-electron chi connectivity index (χ3n) is 2.14. The maximum absolute atomic E-state index is 11.4. The Kier molecular flexibility index (Phi) is 5.04. The second kappa shape index (κ2) is 6.32. The van der Waals surface area contributed by atoms with Gasteiger partial charge in [0.1, 0.15) is 16.4 Å². The van der Waals surface area contributed by atoms with Crippen LogP contribution in [0.5, 0.6) is 0 Å². The molecular weight excluding hydrogens is 274 g/mol. The van der Waals surface area contributed by atoms with Crippen molar-refractivity contribution in [3.63, 3.8) is 0 Å². The summed E-state index contributed by atoms with van der Waals surface area (Å²) in [6.45, 7) is -0.0598. The molecule has 0 aliphatic rings. The first-order valence-corrected chi connectivity index (χ1v) is 7.43. The van der Waals surface area contributed by atoms with E-state index in [0.717, 1.165) is 6.26 Å². The van der Waals surface area contributed by atoms with Gasteiger partial charge < -0.3 is 10.1 Å². The highest BCUT2D eigenvalue weighted by atomic mass is 32.2. The van der Waals surface area contributed by atoms with Crippen LogP contribution in [-0.2, 0) is 30.7 Å². The van der Waals surface area contributed by atoms with Crippen LogP contribution in [0.1, 0.15) is 6.42 Å². The molecule has 0 aliphatic heterocycles. The van der Waals surface area contributed by atoms with E-state index in [4.69, 9.17) is 0 Å². The molecule has 0 fully saturated rings. The molecular formula is C10H15N3O5S. The zero-order valence-electron chi connectivity index (χ0n) is 10.6. The number of amides is 1. The minimum atomic E-state index is -3.17. The molecule has 0 spiro atoms. The molecule has 1 N–H and O–H groups in total. The number of esters is 1. The fraction of sp³-hybridized carbons (Fsp3) is 0.500. The van der Waals surface area contributed by atoms with Crippen LogP contribution in [0.3, 0.4) is 0 Å². The standard InChI is InChI=1S/C10H15N3O5S/c1-18-10(15)7-13-6-8(5-11-13)12-9(14)3-4-19(2,16)17/h5-6H,3-4,7H2,1-2H3,(H,12,14). The number of ether oxygens (including phenoxy) is 1. The lowest BCUT2D eigenvalue weighted by Gasteiger charge is -2.01. The van der Waals surface area contributed by atoms with Crippen molar-refractivity contribution in [3.8, 4) is 0 Å². The van der Waals surface area contributed by atoms with E-state index >= 15 is 0 Å². The van der Waals surface area contributed by atoms with Crippen LogP contribution in [0.25, 0.3) is 0 Å². The van der Waals surface area contributed by atoms with Gasteiger partial charge in [0, 0.05) is 18.9 Å². The van der Waals surface area contributed by atoms with Crippen LogP contribution in [0.4, 0.5) is 5.69 Å². The third-order valence-corrected chi connectivity index (χ3v) is 3.08. The van der Waals surface area contributed by atoms with Gasteiger partial charge in [0.15, 0.2) is 0 Å². The zero-order chi connectivity index (χ0) is 14.5. The number of methoxy groups -OCH3 is 1. The molecule has 0 aliphatic carbocycles. The van der Waals surface area contributed by atoms with Gasteiger partial charge >= 0.3 is 5.97 Å². The molecule has 9 heteroatoms. The first-order chi connectivity index (χ1) is 8.80. The van der Waals surface area contributed by atoms with E-state index in [1.165, 1.54) is 24.2 Å². The Morgan fingerprint density at radius 3 is 2.74 bits per heavy atom. The maximum atomic E-state index is 11.4. The van der Waals surface area contributed by atoms with Gasteiger partial charge in [-0.15, -0.1) is 0 Å². The molecule has 0 saturated carbocycles. The van der Waals surface area contributed by atoms with Crippen molar-refractivity contribution in [2.24, 2.45) is 0 Å². The maximum Gasteiger partial charge on any atom is 0.327 e. The molecule has 1 heterocycles. The summed E-state index contributed by atoms with van der Waals surface area (Å²) in [6, 6.07) is 0. The first-order valence-electron chi connectivity index (χ1n) is 5.37. The fourth-order valence-corrected chi connectivity index (χ4v) is 1.77. The molecule has 0 radical (unpaired) electrons. The number of hydrogen-bond acceptors (Lipinski definition) is 6. The summed E-state index contributed by atoms with van der Waals surface area (Å²) in [7, 11) is -1.90. The van der Waals surface area contributed by atoms with E-state index < -0.39 is 21.7 Å². The van der Waals surface area contributed by atoms with Crippen molar-refractivity contribution in [2.45, 2.75) is 13.0 Å². The Bertz CT molecular complexity index is 563. The average Bonchev–Trinajstić information content (AvgIpc) is 2.73. The lowest BCUT2D eigenvalue weighted by molar-refractivity contribution is -0.141. The van der Waals surface area contributed by atoms with Gasteiger partial charge in [0.2, 0.25) is 5.91 Å². The Labute approximate surface area is 110 Å². The summed E-state index contributed by atoms with van der Waals surface area (Å²) in [5, 5.41) is 6.34. The number of nitrogens with one attached hydrogen (secondary N) is 1. The minimum absolute atomic E-state index is 0.0598. The molecule has 1 aromatic heterocycles. The molecule has 0 bridgehead atoms. The lowest BCUT2D eigenvalue weighted by atomic mass is 10.4. The second-order valence-corrected chi connectivity index (χ2v) is 6.19. The molecule has 0 saturated heterocycles. The Hall–Kier alpha value is -1.90. The normalized spacial score (nSPS) is 11.1. The Morgan fingerprint density at radius 2 is 2.16 bits per heavy atom. The molecule has 106 valence electrons. The first kappa shape index (κ1) is 15.2. The predicted octanol–water partition coefficient (Wildman–Crippen LogP) is -0.571. The average molecular weight is 289 g/mol. The number of rotatable bonds is 6. The number of nitrogens with zero attached hydrogens (tertiary/aromatic N) is 2. The Balaban J connectivity index is 2.49. The van der Waals surface area contributed by atoms with Crippen molar-refractivity contribution in [3.05, 3.63) is 12.4 Å². The summed E-state index contributed by atoms with van der Waals surface area (Å²) >= 11 is 0. The number of anilines is 1. The summed E-state index contributed by atoms with van der Waals surface area (Å²) in [5.41, 5.74) is 0.391. The molecule has 8 nitrogen and oxygen atoms in total. The van der Waals surface area contributed by atoms with E-state index in [2.05, 4.69) is 15.2 Å². The fourth-order valence-electron chi connectivity index (χ4n) is 1.21. The second-order valence-electron chi connectivity index (χ2n) is 3.93. The molecule has 0 aromatic carbocycles. The van der Waals surface area contributed by atoms with Crippen LogP contribution in [0, 0.1) is 0 Å². The SMILES string of the molecule is COC(=O)Cn1cc(NC(=O)CCS(C)(=O)=O)cn1. The van der Waals surface area contributed by atoms with Crippen molar-refractivity contribution >= 4 is 27.4 Å². The van der Waals surface area contributed by atoms with Gasteiger partial charge in [0.25, 0.3) is 0 Å². The van der Waals surface area contributed by atoms with Gasteiger partial charge in [0.05, 0.1) is 24.7 Å². The molecule has 1 aromatic rings. The van der Waals surface area contributed by atoms with Crippen LogP contribution < -0.4 is 5.32 Å². The van der Waals surface area contributed by atoms with Crippen molar-refractivity contribution in [2.75, 3.05) is 24.4 Å². The van der Waals surface area contributed by atoms with E-state index in [0.29, 0.717) is 5.69 Å². The predicted molar refractivity (Wildman–Crippen MR) is 67.2 cm³/mol. The summed E-state index contributed by atoms with van der Waals surface area (Å²) in [6.07, 6.45) is 3.76. The monoisotopic (exact) mass is 289 g/mol. The number of carbonyl (C=O) groups excluding carboxylic acids is 2. The molecule has 19 heavy (non-hydrogen) atoms. The summed E-state index contributed by atoms with van der Waals surface area (Å²) in [5.74, 6) is -1.10. The highest BCUT2D eigenvalue weighted by Crippen LogP contribution is 2.05. The zero-order valence-corrected chi connectivity index (χ0v) is 11.4. The summed E-state index contributed by atoms with van der Waals surface area (Å²) < 4.78 is 27.6. The topological polar surface area (TPSA) is 107 Å². The minimum Gasteiger partial charge on any atom is -0.468 e. The van der Waals surface area contributed by atoms with E-state index in [9.17, 15) is 18.0 Å². The largest absolute Gasteiger partial charge is 0.468 e. The lowest BCUT2D eigenvalue weighted by Crippen LogP contribution is -2.16. The number of hydrogen-bond donors (Lipinski definition) is 1. The quantitative estimate of drug-likeness (QED) is 0.703. The van der Waals surface area contributed by atoms with Gasteiger partial charge in [-0.1, -0.05) is 0 Å². The summed E-state index contributed by atoms with van der Waals surface area (Å²) in [4.78, 5) is 22.4.